The SMILES string of the molecule is CCNc1nccc(N(C)c2ccc(CC)cc2)n1. The Morgan fingerprint density at radius 2 is 1.84 bits per heavy atom. The van der Waals surface area contributed by atoms with Crippen LogP contribution in [-0.4, -0.2) is 23.6 Å². The Morgan fingerprint density at radius 3 is 2.47 bits per heavy atom. The van der Waals surface area contributed by atoms with Gasteiger partial charge < -0.3 is 10.2 Å². The summed E-state index contributed by atoms with van der Waals surface area (Å²) in [7, 11) is 2.01. The first-order valence-electron chi connectivity index (χ1n) is 6.64. The van der Waals surface area contributed by atoms with Gasteiger partial charge in [-0.3, -0.25) is 0 Å². The third kappa shape index (κ3) is 3.22. The van der Waals surface area contributed by atoms with Crippen LogP contribution in [0.4, 0.5) is 17.5 Å². The Bertz CT molecular complexity index is 522. The van der Waals surface area contributed by atoms with E-state index in [1.807, 2.05) is 20.0 Å². The van der Waals surface area contributed by atoms with E-state index < -0.39 is 0 Å². The monoisotopic (exact) mass is 256 g/mol. The minimum Gasteiger partial charge on any atom is -0.354 e. The molecule has 2 aromatic rings. The highest BCUT2D eigenvalue weighted by Gasteiger charge is 2.06. The summed E-state index contributed by atoms with van der Waals surface area (Å²) in [5.41, 5.74) is 2.46. The zero-order chi connectivity index (χ0) is 13.7. The fourth-order valence-corrected chi connectivity index (χ4v) is 1.87. The Hall–Kier alpha value is -2.10. The molecule has 1 aromatic heterocycles. The van der Waals surface area contributed by atoms with Crippen molar-refractivity contribution in [3.63, 3.8) is 0 Å². The summed E-state index contributed by atoms with van der Waals surface area (Å²) in [4.78, 5) is 10.7. The second kappa shape index (κ2) is 6.18. The summed E-state index contributed by atoms with van der Waals surface area (Å²) in [5.74, 6) is 1.55. The molecular weight excluding hydrogens is 236 g/mol. The van der Waals surface area contributed by atoms with Gasteiger partial charge in [0.15, 0.2) is 0 Å². The van der Waals surface area contributed by atoms with Crippen LogP contribution in [-0.2, 0) is 6.42 Å². The molecule has 0 aliphatic heterocycles. The first kappa shape index (κ1) is 13.3. The molecule has 4 nitrogen and oxygen atoms in total. The van der Waals surface area contributed by atoms with Crippen LogP contribution in [0, 0.1) is 0 Å². The third-order valence-corrected chi connectivity index (χ3v) is 3.05. The van der Waals surface area contributed by atoms with Crippen molar-refractivity contribution in [1.29, 1.82) is 0 Å². The molecule has 0 fully saturated rings. The van der Waals surface area contributed by atoms with Gasteiger partial charge in [0.1, 0.15) is 5.82 Å². The Kier molecular flexibility index (Phi) is 4.34. The first-order valence-corrected chi connectivity index (χ1v) is 6.64. The van der Waals surface area contributed by atoms with Crippen molar-refractivity contribution < 1.29 is 0 Å². The molecular formula is C15H20N4. The highest BCUT2D eigenvalue weighted by atomic mass is 15.2. The normalized spacial score (nSPS) is 10.3. The van der Waals surface area contributed by atoms with Gasteiger partial charge in [-0.15, -0.1) is 0 Å². The number of benzene rings is 1. The molecule has 0 amide bonds. The number of hydrogen-bond acceptors (Lipinski definition) is 4. The van der Waals surface area contributed by atoms with Gasteiger partial charge in [-0.2, -0.15) is 4.98 Å². The molecule has 0 saturated heterocycles. The van der Waals surface area contributed by atoms with Crippen LogP contribution in [0.25, 0.3) is 0 Å². The van der Waals surface area contributed by atoms with E-state index in [1.54, 1.807) is 6.20 Å². The van der Waals surface area contributed by atoms with Gasteiger partial charge in [0, 0.05) is 25.5 Å². The van der Waals surface area contributed by atoms with Gasteiger partial charge in [-0.25, -0.2) is 4.98 Å². The van der Waals surface area contributed by atoms with Crippen molar-refractivity contribution in [2.45, 2.75) is 20.3 Å². The second-order valence-corrected chi connectivity index (χ2v) is 4.35. The molecule has 0 aliphatic rings. The molecule has 4 heteroatoms. The van der Waals surface area contributed by atoms with E-state index in [9.17, 15) is 0 Å². The lowest BCUT2D eigenvalue weighted by molar-refractivity contribution is 1.04. The van der Waals surface area contributed by atoms with E-state index in [4.69, 9.17) is 0 Å². The molecule has 19 heavy (non-hydrogen) atoms. The summed E-state index contributed by atoms with van der Waals surface area (Å²) in [6.07, 6.45) is 2.83. The molecule has 0 spiro atoms. The minimum absolute atomic E-state index is 0.664. The molecule has 1 aromatic carbocycles. The van der Waals surface area contributed by atoms with Gasteiger partial charge in [-0.1, -0.05) is 19.1 Å². The number of aromatic nitrogens is 2. The van der Waals surface area contributed by atoms with Crippen LogP contribution in [0.3, 0.4) is 0 Å². The Morgan fingerprint density at radius 1 is 1.11 bits per heavy atom. The number of nitrogens with zero attached hydrogens (tertiary/aromatic N) is 3. The summed E-state index contributed by atoms with van der Waals surface area (Å²) in [6.45, 7) is 5.01. The molecule has 100 valence electrons. The lowest BCUT2D eigenvalue weighted by atomic mass is 10.1. The number of hydrogen-bond donors (Lipinski definition) is 1. The smallest absolute Gasteiger partial charge is 0.224 e. The van der Waals surface area contributed by atoms with Crippen LogP contribution in [0.2, 0.25) is 0 Å². The summed E-state index contributed by atoms with van der Waals surface area (Å²) in [6, 6.07) is 10.5. The van der Waals surface area contributed by atoms with Crippen molar-refractivity contribution >= 4 is 17.5 Å². The van der Waals surface area contributed by atoms with Crippen molar-refractivity contribution in [2.75, 3.05) is 23.8 Å². The lowest BCUT2D eigenvalue weighted by Gasteiger charge is -2.19. The van der Waals surface area contributed by atoms with E-state index in [0.29, 0.717) is 5.95 Å². The van der Waals surface area contributed by atoms with Crippen molar-refractivity contribution in [3.8, 4) is 0 Å². The summed E-state index contributed by atoms with van der Waals surface area (Å²) < 4.78 is 0. The minimum atomic E-state index is 0.664. The van der Waals surface area contributed by atoms with Gasteiger partial charge in [-0.05, 0) is 37.1 Å². The van der Waals surface area contributed by atoms with Crippen molar-refractivity contribution in [1.82, 2.24) is 9.97 Å². The predicted octanol–water partition coefficient (Wildman–Crippen LogP) is 3.24. The molecule has 0 bridgehead atoms. The third-order valence-electron chi connectivity index (χ3n) is 3.05. The molecule has 1 N–H and O–H groups in total. The average molecular weight is 256 g/mol. The van der Waals surface area contributed by atoms with E-state index >= 15 is 0 Å². The van der Waals surface area contributed by atoms with Crippen molar-refractivity contribution in [2.24, 2.45) is 0 Å². The maximum Gasteiger partial charge on any atom is 0.224 e. The zero-order valence-corrected chi connectivity index (χ0v) is 11.7. The topological polar surface area (TPSA) is 41.1 Å². The second-order valence-electron chi connectivity index (χ2n) is 4.35. The highest BCUT2D eigenvalue weighted by molar-refractivity contribution is 5.60. The molecule has 1 heterocycles. The maximum atomic E-state index is 4.49. The molecule has 0 saturated carbocycles. The maximum absolute atomic E-state index is 4.49. The highest BCUT2D eigenvalue weighted by Crippen LogP contribution is 2.22. The van der Waals surface area contributed by atoms with E-state index in [2.05, 4.69) is 51.4 Å². The van der Waals surface area contributed by atoms with E-state index in [1.165, 1.54) is 5.56 Å². The summed E-state index contributed by atoms with van der Waals surface area (Å²) >= 11 is 0. The van der Waals surface area contributed by atoms with Crippen LogP contribution < -0.4 is 10.2 Å². The van der Waals surface area contributed by atoms with Crippen LogP contribution in [0.1, 0.15) is 19.4 Å². The van der Waals surface area contributed by atoms with Gasteiger partial charge >= 0.3 is 0 Å². The van der Waals surface area contributed by atoms with Gasteiger partial charge in [0.25, 0.3) is 0 Å². The van der Waals surface area contributed by atoms with Crippen LogP contribution in [0.15, 0.2) is 36.5 Å². The van der Waals surface area contributed by atoms with Crippen molar-refractivity contribution in [3.05, 3.63) is 42.1 Å². The Balaban J connectivity index is 2.22. The van der Waals surface area contributed by atoms with E-state index in [-0.39, 0.29) is 0 Å². The van der Waals surface area contributed by atoms with Gasteiger partial charge in [0.2, 0.25) is 5.95 Å². The number of rotatable bonds is 5. The fourth-order valence-electron chi connectivity index (χ4n) is 1.87. The lowest BCUT2D eigenvalue weighted by Crippen LogP contribution is -2.13. The zero-order valence-electron chi connectivity index (χ0n) is 11.7. The fraction of sp³-hybridized carbons (Fsp3) is 0.333. The van der Waals surface area contributed by atoms with Crippen LogP contribution in [0.5, 0.6) is 0 Å². The van der Waals surface area contributed by atoms with E-state index in [0.717, 1.165) is 24.5 Å². The predicted molar refractivity (Wildman–Crippen MR) is 80.1 cm³/mol. The standard InChI is InChI=1S/C15H20N4/c1-4-12-6-8-13(9-7-12)19(3)14-10-11-17-15(18-14)16-5-2/h6-11H,4-5H2,1-3H3,(H,16,17,18). The Labute approximate surface area is 114 Å². The van der Waals surface area contributed by atoms with Gasteiger partial charge in [0.05, 0.1) is 0 Å². The quantitative estimate of drug-likeness (QED) is 0.891. The largest absolute Gasteiger partial charge is 0.354 e. The average Bonchev–Trinajstić information content (AvgIpc) is 2.47. The number of nitrogens with one attached hydrogen (secondary N) is 1. The molecule has 0 aliphatic carbocycles. The molecule has 2 rings (SSSR count). The molecule has 0 unspecified atom stereocenters. The van der Waals surface area contributed by atoms with Crippen LogP contribution >= 0.6 is 0 Å². The number of aryl methyl sites for hydroxylation is 1. The molecule has 0 atom stereocenters. The molecule has 0 radical (unpaired) electrons. The number of anilines is 3. The first-order chi connectivity index (χ1) is 9.24. The summed E-state index contributed by atoms with van der Waals surface area (Å²) in [5, 5.41) is 3.12.